The van der Waals surface area contributed by atoms with Crippen molar-refractivity contribution in [3.8, 4) is 33.4 Å². The van der Waals surface area contributed by atoms with Crippen molar-refractivity contribution in [2.45, 2.75) is 0 Å². The zero-order chi connectivity index (χ0) is 29.6. The van der Waals surface area contributed by atoms with Gasteiger partial charge in [0.05, 0.1) is 0 Å². The second kappa shape index (κ2) is 10.4. The predicted molar refractivity (Wildman–Crippen MR) is 184 cm³/mol. The van der Waals surface area contributed by atoms with Crippen molar-refractivity contribution in [3.05, 3.63) is 157 Å². The summed E-state index contributed by atoms with van der Waals surface area (Å²) in [5.41, 5.74) is 7.37. The zero-order valence-corrected chi connectivity index (χ0v) is 23.8. The van der Waals surface area contributed by atoms with Crippen molar-refractivity contribution >= 4 is 55.7 Å². The number of carbonyl (C=O) groups excluding carboxylic acids is 2. The highest BCUT2D eigenvalue weighted by Gasteiger charge is 2.22. The maximum atomic E-state index is 12.8. The number of rotatable bonds is 5. The molecule has 0 N–H and O–H groups in total. The average Bonchev–Trinajstić information content (AvgIpc) is 3.09. The van der Waals surface area contributed by atoms with Crippen LogP contribution in [0.1, 0.15) is 20.7 Å². The van der Waals surface area contributed by atoms with Crippen LogP contribution in [-0.2, 0) is 0 Å². The van der Waals surface area contributed by atoms with Gasteiger partial charge in [-0.1, -0.05) is 140 Å². The van der Waals surface area contributed by atoms with E-state index in [-0.39, 0.29) is 0 Å². The van der Waals surface area contributed by atoms with Gasteiger partial charge in [-0.2, -0.15) is 0 Å². The third-order valence-corrected chi connectivity index (χ3v) is 8.85. The van der Waals surface area contributed by atoms with E-state index in [0.717, 1.165) is 89.0 Å². The zero-order valence-electron chi connectivity index (χ0n) is 23.8. The molecule has 0 saturated heterocycles. The molecule has 0 spiro atoms. The van der Waals surface area contributed by atoms with Crippen molar-refractivity contribution in [1.29, 1.82) is 0 Å². The summed E-state index contributed by atoms with van der Waals surface area (Å²) in [6.45, 7) is 0. The minimum Gasteiger partial charge on any atom is -0.298 e. The number of benzene rings is 8. The van der Waals surface area contributed by atoms with Crippen LogP contribution in [-0.4, -0.2) is 12.6 Å². The second-order valence-electron chi connectivity index (χ2n) is 11.2. The Labute approximate surface area is 254 Å². The molecule has 0 aliphatic heterocycles. The first-order chi connectivity index (χ1) is 21.8. The first-order valence-electron chi connectivity index (χ1n) is 14.8. The van der Waals surface area contributed by atoms with E-state index in [4.69, 9.17) is 0 Å². The van der Waals surface area contributed by atoms with E-state index >= 15 is 0 Å². The van der Waals surface area contributed by atoms with E-state index in [9.17, 15) is 9.59 Å². The molecule has 0 radical (unpaired) electrons. The fraction of sp³-hybridized carbons (Fsp3) is 0. The standard InChI is InChI=1S/C42H26O2/c43-25-39-31-14-6-4-12-28(31)18-21-36(39)41-33-16-8-9-17-34(33)42(37-22-19-29-13-5-7-15-32(29)40(37)26-44)38-24-30(20-23-35(38)41)27-10-2-1-3-11-27/h1-26H. The first-order valence-corrected chi connectivity index (χ1v) is 14.8. The SMILES string of the molecule is O=Cc1c(-c2c3ccccc3c(-c3ccc4ccccc4c3C=O)c3cc(-c4ccccc4)ccc23)ccc2ccccc12. The lowest BCUT2D eigenvalue weighted by Crippen LogP contribution is -1.97. The van der Waals surface area contributed by atoms with Crippen LogP contribution in [0.3, 0.4) is 0 Å². The largest absolute Gasteiger partial charge is 0.298 e. The van der Waals surface area contributed by atoms with E-state index in [0.29, 0.717) is 11.1 Å². The molecule has 0 bridgehead atoms. The number of hydrogen-bond donors (Lipinski definition) is 0. The molecule has 2 heteroatoms. The van der Waals surface area contributed by atoms with E-state index in [1.807, 2.05) is 78.9 Å². The molecule has 0 aliphatic rings. The van der Waals surface area contributed by atoms with Gasteiger partial charge in [0, 0.05) is 11.1 Å². The van der Waals surface area contributed by atoms with Crippen LogP contribution in [0.5, 0.6) is 0 Å². The van der Waals surface area contributed by atoms with Gasteiger partial charge in [-0.05, 0) is 82.5 Å². The van der Waals surface area contributed by atoms with Gasteiger partial charge in [0.25, 0.3) is 0 Å². The Balaban J connectivity index is 1.57. The summed E-state index contributed by atoms with van der Waals surface area (Å²) in [6.07, 6.45) is 1.97. The molecule has 2 nitrogen and oxygen atoms in total. The number of carbonyl (C=O) groups is 2. The van der Waals surface area contributed by atoms with Gasteiger partial charge in [-0.25, -0.2) is 0 Å². The summed E-state index contributed by atoms with van der Waals surface area (Å²) >= 11 is 0. The summed E-state index contributed by atoms with van der Waals surface area (Å²) in [4.78, 5) is 25.6. The quantitative estimate of drug-likeness (QED) is 0.154. The molecule has 0 amide bonds. The Kier molecular flexibility index (Phi) is 6.13. The van der Waals surface area contributed by atoms with Crippen molar-refractivity contribution in [1.82, 2.24) is 0 Å². The van der Waals surface area contributed by atoms with E-state index in [2.05, 4.69) is 66.7 Å². The van der Waals surface area contributed by atoms with Gasteiger partial charge in [-0.3, -0.25) is 9.59 Å². The molecular weight excluding hydrogens is 536 g/mol. The molecule has 0 unspecified atom stereocenters. The Morgan fingerprint density at radius 1 is 0.341 bits per heavy atom. The fourth-order valence-corrected chi connectivity index (χ4v) is 6.85. The summed E-state index contributed by atoms with van der Waals surface area (Å²) in [5.74, 6) is 0. The monoisotopic (exact) mass is 562 g/mol. The topological polar surface area (TPSA) is 34.1 Å². The molecule has 0 aliphatic carbocycles. The van der Waals surface area contributed by atoms with Gasteiger partial charge in [0.2, 0.25) is 0 Å². The Hall–Kier alpha value is -5.86. The van der Waals surface area contributed by atoms with Gasteiger partial charge >= 0.3 is 0 Å². The molecule has 0 fully saturated rings. The molecule has 206 valence electrons. The van der Waals surface area contributed by atoms with Crippen LogP contribution in [0.2, 0.25) is 0 Å². The molecule has 0 saturated carbocycles. The fourth-order valence-electron chi connectivity index (χ4n) is 6.85. The first kappa shape index (κ1) is 25.8. The third-order valence-electron chi connectivity index (χ3n) is 8.85. The molecule has 0 aromatic heterocycles. The lowest BCUT2D eigenvalue weighted by Gasteiger charge is -2.21. The van der Waals surface area contributed by atoms with Crippen LogP contribution in [0, 0.1) is 0 Å². The molecule has 44 heavy (non-hydrogen) atoms. The van der Waals surface area contributed by atoms with Crippen molar-refractivity contribution in [2.24, 2.45) is 0 Å². The van der Waals surface area contributed by atoms with Gasteiger partial charge in [-0.15, -0.1) is 0 Å². The molecule has 8 aromatic rings. The Morgan fingerprint density at radius 2 is 0.795 bits per heavy atom. The number of hydrogen-bond acceptors (Lipinski definition) is 2. The molecule has 0 heterocycles. The highest BCUT2D eigenvalue weighted by atomic mass is 16.1. The maximum Gasteiger partial charge on any atom is 0.151 e. The lowest BCUT2D eigenvalue weighted by atomic mass is 9.82. The summed E-state index contributed by atoms with van der Waals surface area (Å²) < 4.78 is 0. The van der Waals surface area contributed by atoms with Gasteiger partial charge in [0.1, 0.15) is 0 Å². The summed E-state index contributed by atoms with van der Waals surface area (Å²) in [7, 11) is 0. The minimum atomic E-state index is 0.673. The smallest absolute Gasteiger partial charge is 0.151 e. The summed E-state index contributed by atoms with van der Waals surface area (Å²) in [5, 5.41) is 8.04. The Morgan fingerprint density at radius 3 is 1.34 bits per heavy atom. The summed E-state index contributed by atoms with van der Waals surface area (Å²) in [6, 6.07) is 49.7. The maximum absolute atomic E-state index is 12.8. The van der Waals surface area contributed by atoms with Crippen LogP contribution < -0.4 is 0 Å². The molecular formula is C42H26O2. The minimum absolute atomic E-state index is 0.673. The number of fused-ring (bicyclic) bond motifs is 4. The third kappa shape index (κ3) is 3.96. The highest BCUT2D eigenvalue weighted by Crippen LogP contribution is 2.47. The van der Waals surface area contributed by atoms with Crippen LogP contribution in [0.25, 0.3) is 76.5 Å². The Bertz CT molecular complexity index is 2420. The average molecular weight is 563 g/mol. The molecule has 8 rings (SSSR count). The van der Waals surface area contributed by atoms with Crippen LogP contribution in [0.15, 0.2) is 146 Å². The normalized spacial score (nSPS) is 11.4. The van der Waals surface area contributed by atoms with Crippen molar-refractivity contribution in [2.75, 3.05) is 0 Å². The van der Waals surface area contributed by atoms with Crippen molar-refractivity contribution < 1.29 is 9.59 Å². The molecule has 0 atom stereocenters. The van der Waals surface area contributed by atoms with Crippen molar-refractivity contribution in [3.63, 3.8) is 0 Å². The van der Waals surface area contributed by atoms with E-state index in [1.165, 1.54) is 0 Å². The van der Waals surface area contributed by atoms with Crippen LogP contribution >= 0.6 is 0 Å². The van der Waals surface area contributed by atoms with Gasteiger partial charge in [0.15, 0.2) is 12.6 Å². The van der Waals surface area contributed by atoms with E-state index < -0.39 is 0 Å². The predicted octanol–water partition coefficient (Wildman–Crippen LogP) is 10.9. The molecule has 8 aromatic carbocycles. The second-order valence-corrected chi connectivity index (χ2v) is 11.2. The van der Waals surface area contributed by atoms with Gasteiger partial charge < -0.3 is 0 Å². The highest BCUT2D eigenvalue weighted by molar-refractivity contribution is 6.25. The number of aldehydes is 2. The lowest BCUT2D eigenvalue weighted by molar-refractivity contribution is 0.111. The van der Waals surface area contributed by atoms with Crippen LogP contribution in [0.4, 0.5) is 0 Å². The van der Waals surface area contributed by atoms with E-state index in [1.54, 1.807) is 0 Å².